The zero-order valence-electron chi connectivity index (χ0n) is 13.6. The van der Waals surface area contributed by atoms with Crippen LogP contribution < -0.4 is 5.32 Å². The number of nitrogens with zero attached hydrogens (tertiary/aromatic N) is 1. The molecule has 0 aliphatic heterocycles. The molecule has 1 aromatic heterocycles. The number of carbonyl (C=O) groups excluding carboxylic acids is 1. The Kier molecular flexibility index (Phi) is 4.65. The molecule has 7 nitrogen and oxygen atoms in total. The van der Waals surface area contributed by atoms with Crippen molar-refractivity contribution < 1.29 is 14.5 Å². The summed E-state index contributed by atoms with van der Waals surface area (Å²) in [5, 5.41) is 14.9. The third kappa shape index (κ3) is 3.60. The number of hydrogen-bond donors (Lipinski definition) is 2. The fourth-order valence-corrected chi connectivity index (χ4v) is 2.74. The van der Waals surface area contributed by atoms with Crippen LogP contribution in [0.15, 0.2) is 54.7 Å². The number of hydrogen-bond acceptors (Lipinski definition) is 5. The number of aromatic nitrogens is 1. The number of carbonyl (C=O) groups is 1. The van der Waals surface area contributed by atoms with Crippen molar-refractivity contribution in [3.63, 3.8) is 0 Å². The molecule has 0 amide bonds. The second-order valence-electron chi connectivity index (χ2n) is 5.59. The van der Waals surface area contributed by atoms with Crippen LogP contribution in [-0.2, 0) is 16.0 Å². The lowest BCUT2D eigenvalue weighted by atomic mass is 10.0. The molecule has 3 rings (SSSR count). The molecule has 1 atom stereocenters. The Labute approximate surface area is 143 Å². The number of methoxy groups -OCH3 is 1. The topological polar surface area (TPSA) is 97.3 Å². The van der Waals surface area contributed by atoms with E-state index in [0.717, 1.165) is 16.5 Å². The number of fused-ring (bicyclic) bond motifs is 1. The maximum absolute atomic E-state index is 12.2. The van der Waals surface area contributed by atoms with Crippen LogP contribution in [0.4, 0.5) is 11.4 Å². The van der Waals surface area contributed by atoms with Gasteiger partial charge in [-0.25, -0.2) is 4.79 Å². The highest BCUT2D eigenvalue weighted by molar-refractivity contribution is 5.85. The molecule has 3 aromatic rings. The van der Waals surface area contributed by atoms with Gasteiger partial charge in [0.2, 0.25) is 0 Å². The van der Waals surface area contributed by atoms with Crippen molar-refractivity contribution in [1.82, 2.24) is 4.98 Å². The Morgan fingerprint density at radius 2 is 1.96 bits per heavy atom. The lowest BCUT2D eigenvalue weighted by molar-refractivity contribution is -0.384. The van der Waals surface area contributed by atoms with Crippen molar-refractivity contribution >= 4 is 28.2 Å². The molecule has 0 spiro atoms. The molecule has 2 aromatic carbocycles. The Morgan fingerprint density at radius 3 is 2.64 bits per heavy atom. The predicted octanol–water partition coefficient (Wildman–Crippen LogP) is 3.27. The molecule has 0 aliphatic carbocycles. The smallest absolute Gasteiger partial charge is 0.328 e. The van der Waals surface area contributed by atoms with Gasteiger partial charge in [-0.3, -0.25) is 10.1 Å². The minimum absolute atomic E-state index is 0.00297. The first kappa shape index (κ1) is 16.5. The maximum Gasteiger partial charge on any atom is 0.328 e. The number of esters is 1. The second-order valence-corrected chi connectivity index (χ2v) is 5.59. The Hall–Kier alpha value is -3.35. The highest BCUT2D eigenvalue weighted by Crippen LogP contribution is 2.22. The van der Waals surface area contributed by atoms with Gasteiger partial charge >= 0.3 is 5.97 Å². The summed E-state index contributed by atoms with van der Waals surface area (Å²) in [4.78, 5) is 25.6. The highest BCUT2D eigenvalue weighted by atomic mass is 16.6. The molecule has 25 heavy (non-hydrogen) atoms. The molecule has 0 saturated carbocycles. The number of nitro benzene ring substituents is 1. The molecule has 0 saturated heterocycles. The summed E-state index contributed by atoms with van der Waals surface area (Å²) in [6.45, 7) is 0. The van der Waals surface area contributed by atoms with Gasteiger partial charge in [-0.15, -0.1) is 0 Å². The van der Waals surface area contributed by atoms with Gasteiger partial charge in [0.1, 0.15) is 6.04 Å². The maximum atomic E-state index is 12.2. The summed E-state index contributed by atoms with van der Waals surface area (Å²) in [7, 11) is 1.34. The van der Waals surface area contributed by atoms with Gasteiger partial charge in [0.15, 0.2) is 0 Å². The van der Waals surface area contributed by atoms with E-state index in [1.807, 2.05) is 30.5 Å². The van der Waals surface area contributed by atoms with Crippen molar-refractivity contribution in [2.75, 3.05) is 12.4 Å². The molecule has 128 valence electrons. The molecular formula is C18H17N3O4. The molecule has 1 unspecified atom stereocenters. The zero-order valence-corrected chi connectivity index (χ0v) is 13.6. The van der Waals surface area contributed by atoms with Gasteiger partial charge in [0.25, 0.3) is 5.69 Å². The summed E-state index contributed by atoms with van der Waals surface area (Å²) in [6.07, 6.45) is 2.30. The normalized spacial score (nSPS) is 11.9. The molecule has 7 heteroatoms. The summed E-state index contributed by atoms with van der Waals surface area (Å²) < 4.78 is 4.89. The molecule has 0 fully saturated rings. The third-order valence-electron chi connectivity index (χ3n) is 4.00. The van der Waals surface area contributed by atoms with Gasteiger partial charge in [0.05, 0.1) is 12.0 Å². The molecule has 2 N–H and O–H groups in total. The fourth-order valence-electron chi connectivity index (χ4n) is 2.74. The van der Waals surface area contributed by atoms with E-state index in [4.69, 9.17) is 4.74 Å². The largest absolute Gasteiger partial charge is 0.467 e. The van der Waals surface area contributed by atoms with Gasteiger partial charge in [-0.05, 0) is 23.8 Å². The molecular weight excluding hydrogens is 322 g/mol. The average Bonchev–Trinajstić information content (AvgIpc) is 3.04. The quantitative estimate of drug-likeness (QED) is 0.408. The summed E-state index contributed by atoms with van der Waals surface area (Å²) in [5.41, 5.74) is 2.59. The fraction of sp³-hybridized carbons (Fsp3) is 0.167. The predicted molar refractivity (Wildman–Crippen MR) is 94.5 cm³/mol. The molecule has 0 radical (unpaired) electrons. The van der Waals surface area contributed by atoms with E-state index in [9.17, 15) is 14.9 Å². The number of anilines is 1. The van der Waals surface area contributed by atoms with Crippen molar-refractivity contribution in [2.24, 2.45) is 0 Å². The van der Waals surface area contributed by atoms with E-state index >= 15 is 0 Å². The van der Waals surface area contributed by atoms with Gasteiger partial charge in [-0.1, -0.05) is 18.2 Å². The number of ether oxygens (including phenoxy) is 1. The van der Waals surface area contributed by atoms with Crippen molar-refractivity contribution in [2.45, 2.75) is 12.5 Å². The van der Waals surface area contributed by atoms with E-state index in [1.54, 1.807) is 12.1 Å². The molecule has 0 aliphatic rings. The van der Waals surface area contributed by atoms with Crippen LogP contribution in [0.3, 0.4) is 0 Å². The third-order valence-corrected chi connectivity index (χ3v) is 4.00. The van der Waals surface area contributed by atoms with Crippen LogP contribution in [0.1, 0.15) is 5.56 Å². The van der Waals surface area contributed by atoms with Crippen LogP contribution in [0, 0.1) is 10.1 Å². The Balaban J connectivity index is 1.82. The van der Waals surface area contributed by atoms with E-state index < -0.39 is 16.9 Å². The van der Waals surface area contributed by atoms with E-state index in [1.165, 1.54) is 19.2 Å². The summed E-state index contributed by atoms with van der Waals surface area (Å²) in [6, 6.07) is 13.2. The number of non-ortho nitro benzene ring substituents is 1. The number of benzene rings is 2. The monoisotopic (exact) mass is 339 g/mol. The zero-order chi connectivity index (χ0) is 17.8. The van der Waals surface area contributed by atoms with Crippen LogP contribution in [0.25, 0.3) is 10.9 Å². The first-order chi connectivity index (χ1) is 12.1. The van der Waals surface area contributed by atoms with Crippen molar-refractivity contribution in [3.05, 3.63) is 70.4 Å². The molecule has 1 heterocycles. The van der Waals surface area contributed by atoms with E-state index in [2.05, 4.69) is 10.3 Å². The van der Waals surface area contributed by atoms with Gasteiger partial charge in [0, 0.05) is 41.3 Å². The number of nitro groups is 1. The van der Waals surface area contributed by atoms with Crippen LogP contribution in [0.2, 0.25) is 0 Å². The number of nitrogens with one attached hydrogen (secondary N) is 2. The first-order valence-corrected chi connectivity index (χ1v) is 7.72. The highest BCUT2D eigenvalue weighted by Gasteiger charge is 2.21. The second kappa shape index (κ2) is 7.04. The van der Waals surface area contributed by atoms with E-state index in [0.29, 0.717) is 12.1 Å². The first-order valence-electron chi connectivity index (χ1n) is 7.72. The summed E-state index contributed by atoms with van der Waals surface area (Å²) >= 11 is 0. The summed E-state index contributed by atoms with van der Waals surface area (Å²) in [5.74, 6) is -0.399. The number of para-hydroxylation sites is 1. The lowest BCUT2D eigenvalue weighted by Crippen LogP contribution is -2.32. The van der Waals surface area contributed by atoms with Gasteiger partial charge in [-0.2, -0.15) is 0 Å². The standard InChI is InChI=1S/C18H17N3O4/c1-25-18(22)17(20-13-6-8-14(9-7-13)21(23)24)10-12-11-19-16-5-3-2-4-15(12)16/h2-9,11,17,19-20H,10H2,1H3. The van der Waals surface area contributed by atoms with Crippen LogP contribution in [-0.4, -0.2) is 29.0 Å². The van der Waals surface area contributed by atoms with Crippen molar-refractivity contribution in [3.8, 4) is 0 Å². The number of H-pyrrole nitrogens is 1. The lowest BCUT2D eigenvalue weighted by Gasteiger charge is -2.17. The van der Waals surface area contributed by atoms with Crippen LogP contribution in [0.5, 0.6) is 0 Å². The Morgan fingerprint density at radius 1 is 1.24 bits per heavy atom. The SMILES string of the molecule is COC(=O)C(Cc1c[nH]c2ccccc12)Nc1ccc([N+](=O)[O-])cc1. The molecule has 0 bridgehead atoms. The number of rotatable bonds is 6. The van der Waals surface area contributed by atoms with E-state index in [-0.39, 0.29) is 5.69 Å². The minimum Gasteiger partial charge on any atom is -0.467 e. The van der Waals surface area contributed by atoms with Crippen LogP contribution >= 0.6 is 0 Å². The average molecular weight is 339 g/mol. The Bertz CT molecular complexity index is 902. The minimum atomic E-state index is -0.606. The van der Waals surface area contributed by atoms with Crippen molar-refractivity contribution in [1.29, 1.82) is 0 Å². The number of aromatic amines is 1. The van der Waals surface area contributed by atoms with Gasteiger partial charge < -0.3 is 15.0 Å².